The number of carboxylic acids is 2. The summed E-state index contributed by atoms with van der Waals surface area (Å²) >= 11 is 1.60. The van der Waals surface area contributed by atoms with Crippen LogP contribution < -0.4 is 5.73 Å². The van der Waals surface area contributed by atoms with Gasteiger partial charge in [0.05, 0.1) is 12.5 Å². The third kappa shape index (κ3) is 15.7. The standard InChI is InChI=1S/C5H11NO2S.C4H8O3/c1-9-3-2-4(6)5(7)8;1-3(5)2-4(6)7/h4H,2-3,6H2,1H3,(H,7,8);3,5H,2H2,1H3,(H,6,7)/t4-;/m0./s1. The zero-order valence-electron chi connectivity index (χ0n) is 9.42. The maximum absolute atomic E-state index is 10.1. The van der Waals surface area contributed by atoms with Crippen molar-refractivity contribution in [2.75, 3.05) is 12.0 Å². The maximum atomic E-state index is 10.1. The predicted molar refractivity (Wildman–Crippen MR) is 62.5 cm³/mol. The van der Waals surface area contributed by atoms with Gasteiger partial charge in [-0.15, -0.1) is 0 Å². The minimum Gasteiger partial charge on any atom is -0.481 e. The summed E-state index contributed by atoms with van der Waals surface area (Å²) in [6.07, 6.45) is 1.59. The van der Waals surface area contributed by atoms with Crippen LogP contribution in [0.15, 0.2) is 0 Å². The van der Waals surface area contributed by atoms with Crippen molar-refractivity contribution in [3.63, 3.8) is 0 Å². The van der Waals surface area contributed by atoms with Crippen molar-refractivity contribution in [1.82, 2.24) is 0 Å². The molecule has 96 valence electrons. The fourth-order valence-electron chi connectivity index (χ4n) is 0.621. The van der Waals surface area contributed by atoms with Crippen molar-refractivity contribution < 1.29 is 24.9 Å². The van der Waals surface area contributed by atoms with E-state index < -0.39 is 24.1 Å². The molecule has 0 amide bonds. The number of hydrogen-bond donors (Lipinski definition) is 4. The van der Waals surface area contributed by atoms with Gasteiger partial charge in [-0.3, -0.25) is 9.59 Å². The topological polar surface area (TPSA) is 121 Å². The summed E-state index contributed by atoms with van der Waals surface area (Å²) in [5.41, 5.74) is 5.19. The molecule has 0 saturated carbocycles. The maximum Gasteiger partial charge on any atom is 0.320 e. The van der Waals surface area contributed by atoms with Gasteiger partial charge in [0.2, 0.25) is 0 Å². The second kappa shape index (κ2) is 10.7. The van der Waals surface area contributed by atoms with Crippen LogP contribution in [0.1, 0.15) is 19.8 Å². The van der Waals surface area contributed by atoms with Crippen LogP contribution in [0.25, 0.3) is 0 Å². The highest BCUT2D eigenvalue weighted by atomic mass is 32.2. The van der Waals surface area contributed by atoms with Gasteiger partial charge in [0, 0.05) is 0 Å². The molecule has 7 heteroatoms. The lowest BCUT2D eigenvalue weighted by Crippen LogP contribution is -2.30. The lowest BCUT2D eigenvalue weighted by molar-refractivity contribution is -0.139. The Kier molecular flexibility index (Phi) is 11.8. The molecule has 5 N–H and O–H groups in total. The molecule has 0 fully saturated rings. The van der Waals surface area contributed by atoms with E-state index in [1.165, 1.54) is 6.92 Å². The van der Waals surface area contributed by atoms with Crippen molar-refractivity contribution in [2.45, 2.75) is 31.9 Å². The second-order valence-corrected chi connectivity index (χ2v) is 4.16. The molecule has 0 saturated heterocycles. The van der Waals surface area contributed by atoms with Crippen molar-refractivity contribution in [2.24, 2.45) is 5.73 Å². The van der Waals surface area contributed by atoms with Crippen molar-refractivity contribution in [1.29, 1.82) is 0 Å². The van der Waals surface area contributed by atoms with Gasteiger partial charge in [0.1, 0.15) is 6.04 Å². The highest BCUT2D eigenvalue weighted by Crippen LogP contribution is 1.97. The molecular weight excluding hydrogens is 234 g/mol. The van der Waals surface area contributed by atoms with Crippen LogP contribution in [-0.2, 0) is 9.59 Å². The summed E-state index contributed by atoms with van der Waals surface area (Å²) < 4.78 is 0. The largest absolute Gasteiger partial charge is 0.481 e. The Morgan fingerprint density at radius 3 is 2.06 bits per heavy atom. The monoisotopic (exact) mass is 253 g/mol. The summed E-state index contributed by atoms with van der Waals surface area (Å²) in [6.45, 7) is 1.44. The minimum absolute atomic E-state index is 0.167. The summed E-state index contributed by atoms with van der Waals surface area (Å²) in [6, 6.07) is -0.683. The normalized spacial score (nSPS) is 13.2. The van der Waals surface area contributed by atoms with Gasteiger partial charge < -0.3 is 21.1 Å². The molecule has 1 unspecified atom stereocenters. The lowest BCUT2D eigenvalue weighted by Gasteiger charge is -2.02. The van der Waals surface area contributed by atoms with Gasteiger partial charge in [0.15, 0.2) is 0 Å². The van der Waals surface area contributed by atoms with E-state index in [-0.39, 0.29) is 6.42 Å². The van der Waals surface area contributed by atoms with E-state index in [2.05, 4.69) is 0 Å². The number of carboxylic acid groups (broad SMARTS) is 2. The van der Waals surface area contributed by atoms with Crippen molar-refractivity contribution in [3.8, 4) is 0 Å². The van der Waals surface area contributed by atoms with E-state index in [1.54, 1.807) is 11.8 Å². The number of rotatable bonds is 6. The Labute approximate surface area is 98.8 Å². The first-order chi connectivity index (χ1) is 7.31. The Balaban J connectivity index is 0. The number of thioether (sulfide) groups is 1. The average Bonchev–Trinajstić information content (AvgIpc) is 2.12. The highest BCUT2D eigenvalue weighted by molar-refractivity contribution is 7.98. The van der Waals surface area contributed by atoms with Crippen LogP contribution in [-0.4, -0.2) is 51.4 Å². The number of aliphatic hydroxyl groups excluding tert-OH is 1. The van der Waals surface area contributed by atoms with E-state index >= 15 is 0 Å². The summed E-state index contributed by atoms with van der Waals surface area (Å²) in [5.74, 6) is -1.06. The third-order valence-electron chi connectivity index (χ3n) is 1.42. The first-order valence-corrected chi connectivity index (χ1v) is 6.07. The molecule has 0 heterocycles. The predicted octanol–water partition coefficient (Wildman–Crippen LogP) is -0.00670. The average molecular weight is 253 g/mol. The van der Waals surface area contributed by atoms with Crippen LogP contribution >= 0.6 is 11.8 Å². The number of aliphatic hydroxyl groups is 1. The Morgan fingerprint density at radius 2 is 1.88 bits per heavy atom. The van der Waals surface area contributed by atoms with Gasteiger partial charge in [-0.25, -0.2) is 0 Å². The van der Waals surface area contributed by atoms with Gasteiger partial charge in [-0.05, 0) is 25.4 Å². The van der Waals surface area contributed by atoms with Crippen LogP contribution in [0.2, 0.25) is 0 Å². The molecule has 0 aliphatic carbocycles. The Morgan fingerprint density at radius 1 is 1.38 bits per heavy atom. The molecule has 0 aromatic heterocycles. The molecule has 16 heavy (non-hydrogen) atoms. The van der Waals surface area contributed by atoms with Crippen LogP contribution in [0.5, 0.6) is 0 Å². The van der Waals surface area contributed by atoms with Gasteiger partial charge in [-0.1, -0.05) is 0 Å². The molecular formula is C9H19NO5S. The molecule has 0 aromatic rings. The third-order valence-corrected chi connectivity index (χ3v) is 2.06. The molecule has 0 bridgehead atoms. The lowest BCUT2D eigenvalue weighted by atomic mass is 10.2. The van der Waals surface area contributed by atoms with Gasteiger partial charge in [-0.2, -0.15) is 11.8 Å². The summed E-state index contributed by atoms with van der Waals surface area (Å²) in [4.78, 5) is 19.7. The molecule has 0 radical (unpaired) electrons. The Hall–Kier alpha value is -0.790. The zero-order chi connectivity index (χ0) is 13.1. The number of carbonyl (C=O) groups is 2. The molecule has 0 spiro atoms. The van der Waals surface area contributed by atoms with E-state index in [9.17, 15) is 9.59 Å². The number of aliphatic carboxylic acids is 2. The molecule has 2 atom stereocenters. The molecule has 0 rings (SSSR count). The second-order valence-electron chi connectivity index (χ2n) is 3.17. The van der Waals surface area contributed by atoms with E-state index in [0.717, 1.165) is 5.75 Å². The molecule has 0 aliphatic heterocycles. The first-order valence-electron chi connectivity index (χ1n) is 4.68. The van der Waals surface area contributed by atoms with Gasteiger partial charge in [0.25, 0.3) is 0 Å². The Bertz CT molecular complexity index is 210. The fraction of sp³-hybridized carbons (Fsp3) is 0.778. The van der Waals surface area contributed by atoms with Crippen LogP contribution in [0, 0.1) is 0 Å². The smallest absolute Gasteiger partial charge is 0.320 e. The zero-order valence-corrected chi connectivity index (χ0v) is 10.2. The SMILES string of the molecule is CC(O)CC(=O)O.CSCC[C@H](N)C(=O)O. The van der Waals surface area contributed by atoms with Gasteiger partial charge >= 0.3 is 11.9 Å². The van der Waals surface area contributed by atoms with E-state index in [1.807, 2.05) is 6.26 Å². The number of hydrogen-bond acceptors (Lipinski definition) is 5. The van der Waals surface area contributed by atoms with Crippen molar-refractivity contribution in [3.05, 3.63) is 0 Å². The van der Waals surface area contributed by atoms with Crippen LogP contribution in [0.3, 0.4) is 0 Å². The fourth-order valence-corrected chi connectivity index (χ4v) is 1.11. The molecule has 6 nitrogen and oxygen atoms in total. The van der Waals surface area contributed by atoms with Crippen LogP contribution in [0.4, 0.5) is 0 Å². The quantitative estimate of drug-likeness (QED) is 0.525. The summed E-state index contributed by atoms with van der Waals surface area (Å²) in [7, 11) is 0. The molecule has 0 aliphatic rings. The first kappa shape index (κ1) is 17.6. The molecule has 0 aromatic carbocycles. The summed E-state index contributed by atoms with van der Waals surface area (Å²) in [5, 5.41) is 24.5. The minimum atomic E-state index is -0.963. The number of nitrogens with two attached hydrogens (primary N) is 1. The van der Waals surface area contributed by atoms with Crippen molar-refractivity contribution >= 4 is 23.7 Å². The van der Waals surface area contributed by atoms with E-state index in [4.69, 9.17) is 21.1 Å². The van der Waals surface area contributed by atoms with E-state index in [0.29, 0.717) is 6.42 Å². The highest BCUT2D eigenvalue weighted by Gasteiger charge is 2.08.